The Hall–Kier alpha value is -3.27. The third kappa shape index (κ3) is 30.7. The summed E-state index contributed by atoms with van der Waals surface area (Å²) in [5.41, 5.74) is 6.02. The van der Waals surface area contributed by atoms with Crippen LogP contribution in [0.2, 0.25) is 0 Å². The maximum atomic E-state index is 11.5. The van der Waals surface area contributed by atoms with Crippen LogP contribution in [0.3, 0.4) is 0 Å². The van der Waals surface area contributed by atoms with Crippen LogP contribution in [0, 0.1) is 5.92 Å². The minimum Gasteiger partial charge on any atom is -0.466 e. The summed E-state index contributed by atoms with van der Waals surface area (Å²) in [5, 5.41) is 0. The minimum absolute atomic E-state index is 0.0222. The van der Waals surface area contributed by atoms with Crippen molar-refractivity contribution in [1.29, 1.82) is 0 Å². The third-order valence-electron chi connectivity index (χ3n) is 10.8. The maximum absolute atomic E-state index is 11.5. The van der Waals surface area contributed by atoms with Gasteiger partial charge in [-0.2, -0.15) is 0 Å². The van der Waals surface area contributed by atoms with Crippen LogP contribution in [-0.2, 0) is 42.8 Å². The predicted molar refractivity (Wildman–Crippen MR) is 247 cm³/mol. The number of carbonyl (C=O) groups excluding carboxylic acids is 3. The quantitative estimate of drug-likeness (QED) is 0.0221. The fourth-order valence-electron chi connectivity index (χ4n) is 6.28. The van der Waals surface area contributed by atoms with Gasteiger partial charge in [0.25, 0.3) is 0 Å². The fraction of sp³-hybridized carbons (Fsp3) is 0.706. The van der Waals surface area contributed by atoms with E-state index in [1.807, 2.05) is 40.7 Å². The summed E-state index contributed by atoms with van der Waals surface area (Å²) in [5.74, 6) is -0.172. The van der Waals surface area contributed by atoms with Crippen LogP contribution in [0.4, 0.5) is 0 Å². The summed E-state index contributed by atoms with van der Waals surface area (Å²) in [6.45, 7) is 26.8. The van der Waals surface area contributed by atoms with Gasteiger partial charge in [-0.15, -0.1) is 0 Å². The van der Waals surface area contributed by atoms with Crippen molar-refractivity contribution in [2.75, 3.05) is 21.3 Å². The molecule has 0 aromatic carbocycles. The fourth-order valence-corrected chi connectivity index (χ4v) is 6.28. The van der Waals surface area contributed by atoms with E-state index in [2.05, 4.69) is 83.1 Å². The molecule has 2 heterocycles. The summed E-state index contributed by atoms with van der Waals surface area (Å²) in [6, 6.07) is 0. The molecular formula is C51H86O9. The number of methoxy groups -OCH3 is 3. The number of hydrogen-bond acceptors (Lipinski definition) is 9. The van der Waals surface area contributed by atoms with E-state index >= 15 is 0 Å². The summed E-state index contributed by atoms with van der Waals surface area (Å²) < 4.78 is 30.7. The number of epoxide rings is 2. The van der Waals surface area contributed by atoms with Crippen molar-refractivity contribution in [3.05, 3.63) is 70.4 Å². The first-order valence-electron chi connectivity index (χ1n) is 22.3. The van der Waals surface area contributed by atoms with E-state index < -0.39 is 0 Å². The van der Waals surface area contributed by atoms with E-state index in [-0.39, 0.29) is 35.2 Å². The number of hydrogen-bond donors (Lipinski definition) is 0. The summed E-state index contributed by atoms with van der Waals surface area (Å²) >= 11 is 0. The van der Waals surface area contributed by atoms with Gasteiger partial charge >= 0.3 is 17.9 Å². The first kappa shape index (κ1) is 56.7. The molecule has 9 heteroatoms. The topological polar surface area (TPSA) is 113 Å². The molecule has 0 aliphatic carbocycles. The van der Waals surface area contributed by atoms with Crippen molar-refractivity contribution in [3.8, 4) is 0 Å². The van der Waals surface area contributed by atoms with Crippen molar-refractivity contribution in [2.24, 2.45) is 5.92 Å². The van der Waals surface area contributed by atoms with Crippen LogP contribution in [-0.4, -0.2) is 74.9 Å². The molecule has 344 valence electrons. The Morgan fingerprint density at radius 2 is 1.33 bits per heavy atom. The van der Waals surface area contributed by atoms with Gasteiger partial charge in [0, 0.05) is 25.3 Å². The van der Waals surface area contributed by atoms with Gasteiger partial charge in [0.15, 0.2) is 0 Å². The minimum atomic E-state index is -0.271. The molecule has 60 heavy (non-hydrogen) atoms. The van der Waals surface area contributed by atoms with Crippen LogP contribution in [0.5, 0.6) is 0 Å². The van der Waals surface area contributed by atoms with E-state index in [1.165, 1.54) is 38.2 Å². The van der Waals surface area contributed by atoms with Crippen molar-refractivity contribution in [1.82, 2.24) is 0 Å². The molecule has 0 saturated carbocycles. The highest BCUT2D eigenvalue weighted by molar-refractivity contribution is 5.83. The first-order valence-corrected chi connectivity index (χ1v) is 22.3. The molecule has 9 nitrogen and oxygen atoms in total. The number of esters is 3. The largest absolute Gasteiger partial charge is 0.466 e. The average molecular weight is 843 g/mol. The van der Waals surface area contributed by atoms with Crippen LogP contribution < -0.4 is 0 Å². The summed E-state index contributed by atoms with van der Waals surface area (Å²) in [6.07, 6.45) is 28.5. The zero-order valence-electron chi connectivity index (χ0n) is 40.8. The maximum Gasteiger partial charge on any atom is 0.331 e. The Kier molecular flexibility index (Phi) is 29.0. The number of ether oxygens (including phenoxy) is 6. The van der Waals surface area contributed by atoms with E-state index in [0.29, 0.717) is 24.2 Å². The van der Waals surface area contributed by atoms with Crippen molar-refractivity contribution < 1.29 is 42.8 Å². The molecule has 2 fully saturated rings. The Bertz CT molecular complexity index is 1460. The molecule has 0 bridgehead atoms. The van der Waals surface area contributed by atoms with Gasteiger partial charge < -0.3 is 28.4 Å². The molecule has 2 saturated heterocycles. The molecule has 0 aromatic heterocycles. The zero-order valence-corrected chi connectivity index (χ0v) is 40.8. The highest BCUT2D eigenvalue weighted by Crippen LogP contribution is 2.39. The lowest BCUT2D eigenvalue weighted by atomic mass is 9.95. The van der Waals surface area contributed by atoms with Gasteiger partial charge in [-0.1, -0.05) is 73.3 Å². The Labute approximate surface area is 366 Å². The molecule has 2 aliphatic rings. The molecule has 0 N–H and O–H groups in total. The van der Waals surface area contributed by atoms with Gasteiger partial charge in [0.2, 0.25) is 0 Å². The Morgan fingerprint density at radius 1 is 0.783 bits per heavy atom. The van der Waals surface area contributed by atoms with Crippen molar-refractivity contribution in [2.45, 2.75) is 209 Å². The monoisotopic (exact) mass is 843 g/mol. The highest BCUT2D eigenvalue weighted by atomic mass is 16.6. The van der Waals surface area contributed by atoms with Gasteiger partial charge in [0.05, 0.1) is 49.8 Å². The SMILES string of the molecule is CC/C(=C\CC/C(C)=C/C(=O)OC)CCC1OC1(C)C.COC(=O)/C=C(\C)CC/C=C(\C)CCC1OC1C.COC(C)(C)CCCC(C)C/C=C/C(C)=C/C(=O)OC(C)C. The molecule has 0 amide bonds. The number of rotatable bonds is 25. The molecule has 0 aromatic rings. The molecule has 0 radical (unpaired) electrons. The number of carbonyl (C=O) groups is 3. The molecule has 2 aliphatic heterocycles. The number of allylic oxidation sites excluding steroid dienone is 9. The normalized spacial score (nSPS) is 19.8. The lowest BCUT2D eigenvalue weighted by Gasteiger charge is -2.23. The van der Waals surface area contributed by atoms with Gasteiger partial charge in [-0.05, 0) is 158 Å². The highest BCUT2D eigenvalue weighted by Gasteiger charge is 2.46. The van der Waals surface area contributed by atoms with Crippen LogP contribution in [0.25, 0.3) is 0 Å². The second-order valence-electron chi connectivity index (χ2n) is 18.0. The second kappa shape index (κ2) is 30.7. The van der Waals surface area contributed by atoms with E-state index in [4.69, 9.17) is 18.9 Å². The van der Waals surface area contributed by atoms with E-state index in [0.717, 1.165) is 87.3 Å². The van der Waals surface area contributed by atoms with Crippen LogP contribution in [0.15, 0.2) is 70.4 Å². The smallest absolute Gasteiger partial charge is 0.331 e. The molecule has 2 rings (SSSR count). The summed E-state index contributed by atoms with van der Waals surface area (Å²) in [4.78, 5) is 33.6. The predicted octanol–water partition coefficient (Wildman–Crippen LogP) is 12.6. The van der Waals surface area contributed by atoms with Crippen molar-refractivity contribution >= 4 is 17.9 Å². The second-order valence-corrected chi connectivity index (χ2v) is 18.0. The van der Waals surface area contributed by atoms with Crippen LogP contribution in [0.1, 0.15) is 173 Å². The lowest BCUT2D eigenvalue weighted by Crippen LogP contribution is -2.22. The molecule has 4 unspecified atom stereocenters. The first-order chi connectivity index (χ1) is 28.1. The van der Waals surface area contributed by atoms with Gasteiger partial charge in [0.1, 0.15) is 0 Å². The van der Waals surface area contributed by atoms with Gasteiger partial charge in [-0.3, -0.25) is 0 Å². The molecular weight excluding hydrogens is 757 g/mol. The Balaban J connectivity index is 0.000000874. The third-order valence-corrected chi connectivity index (χ3v) is 10.8. The zero-order chi connectivity index (χ0) is 45.9. The molecule has 0 spiro atoms. The standard InChI is InChI=1S/C19H34O3.C17H28O3.C15H24O3/c1-15(2)22-18(20)14-17(4)11-8-10-16(3)12-9-13-19(5,6)21-7;1-6-14(10-11-15-17(3,4)20-15)9-7-8-13(2)12-16(18)19-5;1-11(8-9-14-13(3)18-14)6-5-7-12(2)10-15(16)17-4/h8,11,14-16H,9-10,12-13H2,1-7H3;9,12,15H,6-8,10-11H2,1-5H3;6,10,13-14H,5,7-9H2,1-4H3/b11-8+,17-14+;13-12+,14-9+;11-6+,12-10+. The molecule has 4 atom stereocenters. The van der Waals surface area contributed by atoms with E-state index in [1.54, 1.807) is 25.3 Å². The van der Waals surface area contributed by atoms with Gasteiger partial charge in [-0.25, -0.2) is 14.4 Å². The van der Waals surface area contributed by atoms with Crippen LogP contribution >= 0.6 is 0 Å². The Morgan fingerprint density at radius 3 is 1.80 bits per heavy atom. The average Bonchev–Trinajstić information content (AvgIpc) is 4.05. The summed E-state index contributed by atoms with van der Waals surface area (Å²) in [7, 11) is 4.57. The van der Waals surface area contributed by atoms with E-state index in [9.17, 15) is 14.4 Å². The van der Waals surface area contributed by atoms with Crippen molar-refractivity contribution in [3.63, 3.8) is 0 Å². The lowest BCUT2D eigenvalue weighted by molar-refractivity contribution is -0.141.